The normalized spacial score (nSPS) is 12.3. The van der Waals surface area contributed by atoms with Gasteiger partial charge < -0.3 is 18.6 Å². The third-order valence-corrected chi connectivity index (χ3v) is 11.6. The van der Waals surface area contributed by atoms with Gasteiger partial charge in [0.05, 0.1) is 26.4 Å². The third kappa shape index (κ3) is 9.65. The molecule has 6 nitrogen and oxygen atoms in total. The summed E-state index contributed by atoms with van der Waals surface area (Å²) < 4.78 is 22.4. The molecule has 0 aliphatic rings. The van der Waals surface area contributed by atoms with E-state index in [9.17, 15) is 9.59 Å². The predicted octanol–water partition coefficient (Wildman–Crippen LogP) is 4.89. The SMILES string of the molecule is C#CCCCSSCOCC(CO[Si](C)(C)C(C)(C)C)(C(=O)OCC)C(=O)OCC. The summed E-state index contributed by atoms with van der Waals surface area (Å²) in [5.41, 5.74) is -1.64. The van der Waals surface area contributed by atoms with E-state index in [2.05, 4.69) is 39.8 Å². The van der Waals surface area contributed by atoms with Gasteiger partial charge in [0.1, 0.15) is 5.94 Å². The van der Waals surface area contributed by atoms with Crippen LogP contribution in [0.15, 0.2) is 0 Å². The Kier molecular flexibility index (Phi) is 14.1. The summed E-state index contributed by atoms with van der Waals surface area (Å²) in [6, 6.07) is 0. The molecule has 0 spiro atoms. The van der Waals surface area contributed by atoms with Crippen LogP contribution in [0.2, 0.25) is 18.1 Å². The number of rotatable bonds is 15. The van der Waals surface area contributed by atoms with Crippen LogP contribution in [0.25, 0.3) is 0 Å². The molecule has 0 aliphatic carbocycles. The summed E-state index contributed by atoms with van der Waals surface area (Å²) in [7, 11) is 0.931. The molecule has 0 aromatic heterocycles. The molecule has 0 fully saturated rings. The Morgan fingerprint density at radius 2 is 1.57 bits per heavy atom. The highest BCUT2D eigenvalue weighted by atomic mass is 33.1. The average molecular weight is 479 g/mol. The molecule has 0 radical (unpaired) electrons. The average Bonchev–Trinajstić information content (AvgIpc) is 2.65. The van der Waals surface area contributed by atoms with Crippen molar-refractivity contribution in [2.24, 2.45) is 5.41 Å². The zero-order valence-corrected chi connectivity index (χ0v) is 22.1. The topological polar surface area (TPSA) is 71.1 Å². The first-order chi connectivity index (χ1) is 14.0. The van der Waals surface area contributed by atoms with Crippen molar-refractivity contribution in [2.75, 3.05) is 38.1 Å². The van der Waals surface area contributed by atoms with Crippen molar-refractivity contribution < 1.29 is 28.2 Å². The molecule has 0 N–H and O–H groups in total. The number of carbonyl (C=O) groups is 2. The van der Waals surface area contributed by atoms with Crippen molar-refractivity contribution in [3.8, 4) is 12.3 Å². The Balaban J connectivity index is 5.31. The number of hydrogen-bond acceptors (Lipinski definition) is 8. The molecule has 9 heteroatoms. The molecular weight excluding hydrogens is 440 g/mol. The second kappa shape index (κ2) is 14.4. The maximum atomic E-state index is 12.9. The van der Waals surface area contributed by atoms with Crippen molar-refractivity contribution in [3.05, 3.63) is 0 Å². The van der Waals surface area contributed by atoms with Gasteiger partial charge in [-0.1, -0.05) is 42.4 Å². The minimum absolute atomic E-state index is 0.0756. The van der Waals surface area contributed by atoms with E-state index in [1.54, 1.807) is 24.6 Å². The van der Waals surface area contributed by atoms with Crippen LogP contribution in [0.3, 0.4) is 0 Å². The summed E-state index contributed by atoms with van der Waals surface area (Å²) in [6.45, 7) is 13.9. The largest absolute Gasteiger partial charge is 0.465 e. The predicted molar refractivity (Wildman–Crippen MR) is 128 cm³/mol. The van der Waals surface area contributed by atoms with Crippen molar-refractivity contribution >= 4 is 41.8 Å². The minimum atomic E-state index is -2.22. The smallest absolute Gasteiger partial charge is 0.328 e. The van der Waals surface area contributed by atoms with Gasteiger partial charge in [-0.05, 0) is 38.4 Å². The van der Waals surface area contributed by atoms with E-state index in [0.29, 0.717) is 5.94 Å². The van der Waals surface area contributed by atoms with Crippen LogP contribution in [0.1, 0.15) is 47.5 Å². The summed E-state index contributed by atoms with van der Waals surface area (Å²) >= 11 is 0. The molecule has 0 saturated carbocycles. The molecule has 0 saturated heterocycles. The van der Waals surface area contributed by atoms with Gasteiger partial charge in [-0.25, -0.2) is 0 Å². The molecule has 0 bridgehead atoms. The standard InChI is InChI=1S/C21H38O6S2Si/c1-9-12-13-14-28-29-17-24-15-21(18(22)25-10-2,19(23)26-11-3)16-27-30(7,8)20(4,5)6/h1H,10-17H2,2-8H3. The molecule has 0 aromatic rings. The van der Waals surface area contributed by atoms with Crippen LogP contribution in [-0.4, -0.2) is 58.4 Å². The lowest BCUT2D eigenvalue weighted by Gasteiger charge is -2.39. The van der Waals surface area contributed by atoms with Crippen LogP contribution in [0.4, 0.5) is 0 Å². The Morgan fingerprint density at radius 1 is 1.00 bits per heavy atom. The van der Waals surface area contributed by atoms with Gasteiger partial charge in [0.25, 0.3) is 0 Å². The Bertz CT molecular complexity index is 551. The lowest BCUT2D eigenvalue weighted by atomic mass is 9.90. The van der Waals surface area contributed by atoms with Crippen molar-refractivity contribution in [3.63, 3.8) is 0 Å². The monoisotopic (exact) mass is 478 g/mol. The number of hydrogen-bond donors (Lipinski definition) is 0. The third-order valence-electron chi connectivity index (χ3n) is 4.93. The molecule has 0 rings (SSSR count). The lowest BCUT2D eigenvalue weighted by molar-refractivity contribution is -0.179. The van der Waals surface area contributed by atoms with Crippen LogP contribution < -0.4 is 0 Å². The fourth-order valence-electron chi connectivity index (χ4n) is 2.00. The van der Waals surface area contributed by atoms with Gasteiger partial charge in [-0.2, -0.15) is 0 Å². The molecule has 30 heavy (non-hydrogen) atoms. The van der Waals surface area contributed by atoms with E-state index >= 15 is 0 Å². The molecule has 0 aromatic carbocycles. The fraction of sp³-hybridized carbons (Fsp3) is 0.810. The molecule has 0 aliphatic heterocycles. The summed E-state index contributed by atoms with van der Waals surface area (Å²) in [6.07, 6.45) is 6.92. The van der Waals surface area contributed by atoms with Gasteiger partial charge in [-0.3, -0.25) is 9.59 Å². The van der Waals surface area contributed by atoms with E-state index in [0.717, 1.165) is 18.6 Å². The van der Waals surface area contributed by atoms with E-state index in [-0.39, 0.29) is 31.5 Å². The second-order valence-electron chi connectivity index (χ2n) is 8.29. The number of esters is 2. The maximum Gasteiger partial charge on any atom is 0.328 e. The number of ether oxygens (including phenoxy) is 3. The van der Waals surface area contributed by atoms with Crippen LogP contribution in [0, 0.1) is 17.8 Å². The highest BCUT2D eigenvalue weighted by Crippen LogP contribution is 2.38. The van der Waals surface area contributed by atoms with Gasteiger partial charge in [0, 0.05) is 12.2 Å². The zero-order valence-electron chi connectivity index (χ0n) is 19.5. The second-order valence-corrected chi connectivity index (χ2v) is 15.6. The van der Waals surface area contributed by atoms with E-state index in [4.69, 9.17) is 25.1 Å². The first-order valence-corrected chi connectivity index (χ1v) is 15.6. The maximum absolute atomic E-state index is 12.9. The van der Waals surface area contributed by atoms with Gasteiger partial charge in [0.15, 0.2) is 8.32 Å². The molecule has 0 atom stereocenters. The molecular formula is C21H38O6S2Si. The lowest BCUT2D eigenvalue weighted by Crippen LogP contribution is -2.53. The first kappa shape index (κ1) is 29.3. The molecule has 0 heterocycles. The Morgan fingerprint density at radius 3 is 2.03 bits per heavy atom. The van der Waals surface area contributed by atoms with E-state index < -0.39 is 25.7 Å². The van der Waals surface area contributed by atoms with E-state index in [1.165, 1.54) is 10.8 Å². The number of terminal acetylenes is 1. The molecule has 174 valence electrons. The summed E-state index contributed by atoms with van der Waals surface area (Å²) in [4.78, 5) is 25.8. The summed E-state index contributed by atoms with van der Waals surface area (Å²) in [5, 5.41) is -0.0756. The van der Waals surface area contributed by atoms with Crippen LogP contribution in [-0.2, 0) is 28.2 Å². The molecule has 0 unspecified atom stereocenters. The zero-order chi connectivity index (χ0) is 23.3. The highest BCUT2D eigenvalue weighted by Gasteiger charge is 2.52. The fourth-order valence-corrected chi connectivity index (χ4v) is 4.75. The van der Waals surface area contributed by atoms with E-state index in [1.807, 2.05) is 0 Å². The number of carbonyl (C=O) groups excluding carboxylic acids is 2. The van der Waals surface area contributed by atoms with Gasteiger partial charge >= 0.3 is 11.9 Å². The Labute approximate surface area is 191 Å². The van der Waals surface area contributed by atoms with Crippen LogP contribution >= 0.6 is 21.6 Å². The summed E-state index contributed by atoms with van der Waals surface area (Å²) in [5.74, 6) is 2.49. The van der Waals surface area contributed by atoms with Crippen molar-refractivity contribution in [1.82, 2.24) is 0 Å². The van der Waals surface area contributed by atoms with Crippen molar-refractivity contribution in [2.45, 2.75) is 65.6 Å². The van der Waals surface area contributed by atoms with Crippen LogP contribution in [0.5, 0.6) is 0 Å². The van der Waals surface area contributed by atoms with Crippen molar-refractivity contribution in [1.29, 1.82) is 0 Å². The first-order valence-electron chi connectivity index (χ1n) is 10.2. The number of unbranched alkanes of at least 4 members (excludes halogenated alkanes) is 1. The van der Waals surface area contributed by atoms with Gasteiger partial charge in [0.2, 0.25) is 5.41 Å². The minimum Gasteiger partial charge on any atom is -0.465 e. The highest BCUT2D eigenvalue weighted by molar-refractivity contribution is 8.76. The molecule has 0 amide bonds. The van der Waals surface area contributed by atoms with Gasteiger partial charge in [-0.15, -0.1) is 12.3 Å². The quantitative estimate of drug-likeness (QED) is 0.0627. The Hall–Kier alpha value is -0.663.